The third kappa shape index (κ3) is 4.79. The molecule has 0 bridgehead atoms. The third-order valence-corrected chi connectivity index (χ3v) is 3.95. The number of aromatic nitrogens is 2. The fraction of sp³-hybridized carbons (Fsp3) is 0.111. The summed E-state index contributed by atoms with van der Waals surface area (Å²) in [7, 11) is 0. The summed E-state index contributed by atoms with van der Waals surface area (Å²) in [5, 5.41) is 6.90. The van der Waals surface area contributed by atoms with E-state index in [0.717, 1.165) is 0 Å². The van der Waals surface area contributed by atoms with Crippen LogP contribution < -0.4 is 10.1 Å². The Morgan fingerprint density at radius 3 is 2.78 bits per heavy atom. The molecule has 3 rings (SSSR count). The van der Waals surface area contributed by atoms with Crippen molar-refractivity contribution in [1.29, 1.82) is 0 Å². The van der Waals surface area contributed by atoms with Gasteiger partial charge in [0.05, 0.1) is 18.4 Å². The lowest BCUT2D eigenvalue weighted by molar-refractivity contribution is -0.0498. The number of hydrogen-bond donors (Lipinski definition) is 1. The number of anilines is 1. The maximum atomic E-state index is 13.8. The van der Waals surface area contributed by atoms with Crippen molar-refractivity contribution in [3.8, 4) is 5.75 Å². The maximum Gasteiger partial charge on any atom is 0.387 e. The molecule has 140 valence electrons. The van der Waals surface area contributed by atoms with Gasteiger partial charge in [0.15, 0.2) is 0 Å². The standard InChI is InChI=1S/C18H13ClF3N3O2/c19-15-5-2-6-16(20)14(15)10-25-9-12(8-23-25)24-17(26)11-3-1-4-13(7-11)27-18(21)22/h1-9,18H,10H2,(H,24,26). The second-order valence-electron chi connectivity index (χ2n) is 5.49. The number of carbonyl (C=O) groups excluding carboxylic acids is 1. The van der Waals surface area contributed by atoms with Crippen LogP contribution in [0.2, 0.25) is 5.02 Å². The second kappa shape index (κ2) is 8.13. The van der Waals surface area contributed by atoms with E-state index in [1.807, 2.05) is 0 Å². The number of benzene rings is 2. The molecule has 0 spiro atoms. The Kier molecular flexibility index (Phi) is 5.66. The Balaban J connectivity index is 1.70. The Hall–Kier alpha value is -3.00. The van der Waals surface area contributed by atoms with Crippen LogP contribution in [-0.4, -0.2) is 22.3 Å². The fourth-order valence-electron chi connectivity index (χ4n) is 2.38. The molecule has 9 heteroatoms. The summed E-state index contributed by atoms with van der Waals surface area (Å²) < 4.78 is 44.1. The zero-order valence-electron chi connectivity index (χ0n) is 13.7. The van der Waals surface area contributed by atoms with Crippen molar-refractivity contribution in [3.05, 3.63) is 76.8 Å². The van der Waals surface area contributed by atoms with Gasteiger partial charge >= 0.3 is 6.61 Å². The van der Waals surface area contributed by atoms with Gasteiger partial charge in [0, 0.05) is 22.3 Å². The largest absolute Gasteiger partial charge is 0.435 e. The summed E-state index contributed by atoms with van der Waals surface area (Å²) in [6.07, 6.45) is 2.88. The minimum Gasteiger partial charge on any atom is -0.435 e. The lowest BCUT2D eigenvalue weighted by Gasteiger charge is -2.07. The van der Waals surface area contributed by atoms with Gasteiger partial charge in [-0.2, -0.15) is 13.9 Å². The summed E-state index contributed by atoms with van der Waals surface area (Å²) in [6.45, 7) is -2.90. The molecule has 27 heavy (non-hydrogen) atoms. The van der Waals surface area contributed by atoms with E-state index in [2.05, 4.69) is 15.2 Å². The van der Waals surface area contributed by atoms with Gasteiger partial charge in [-0.3, -0.25) is 9.48 Å². The van der Waals surface area contributed by atoms with E-state index in [4.69, 9.17) is 11.6 Å². The Morgan fingerprint density at radius 1 is 1.26 bits per heavy atom. The highest BCUT2D eigenvalue weighted by Crippen LogP contribution is 2.21. The van der Waals surface area contributed by atoms with Crippen molar-refractivity contribution in [2.75, 3.05) is 5.32 Å². The first-order chi connectivity index (χ1) is 12.9. The van der Waals surface area contributed by atoms with Gasteiger partial charge in [-0.25, -0.2) is 4.39 Å². The third-order valence-electron chi connectivity index (χ3n) is 3.59. The van der Waals surface area contributed by atoms with Gasteiger partial charge < -0.3 is 10.1 Å². The molecular weight excluding hydrogens is 383 g/mol. The van der Waals surface area contributed by atoms with Crippen LogP contribution in [0.1, 0.15) is 15.9 Å². The minimum atomic E-state index is -2.98. The minimum absolute atomic E-state index is 0.0824. The fourth-order valence-corrected chi connectivity index (χ4v) is 2.60. The Labute approximate surface area is 157 Å². The monoisotopic (exact) mass is 395 g/mol. The molecule has 1 N–H and O–H groups in total. The normalized spacial score (nSPS) is 10.9. The molecule has 0 fully saturated rings. The Morgan fingerprint density at radius 2 is 2.04 bits per heavy atom. The topological polar surface area (TPSA) is 56.2 Å². The van der Waals surface area contributed by atoms with Crippen LogP contribution in [0.15, 0.2) is 54.9 Å². The van der Waals surface area contributed by atoms with Crippen LogP contribution in [0.4, 0.5) is 18.9 Å². The molecule has 1 aromatic heterocycles. The molecule has 0 aliphatic rings. The van der Waals surface area contributed by atoms with E-state index in [1.165, 1.54) is 53.5 Å². The summed E-state index contributed by atoms with van der Waals surface area (Å²) >= 11 is 5.99. The SMILES string of the molecule is O=C(Nc1cnn(Cc2c(F)cccc2Cl)c1)c1cccc(OC(F)F)c1. The van der Waals surface area contributed by atoms with E-state index in [9.17, 15) is 18.0 Å². The summed E-state index contributed by atoms with van der Waals surface area (Å²) in [5.41, 5.74) is 0.766. The van der Waals surface area contributed by atoms with Gasteiger partial charge in [-0.05, 0) is 30.3 Å². The van der Waals surface area contributed by atoms with Gasteiger partial charge in [0.25, 0.3) is 5.91 Å². The van der Waals surface area contributed by atoms with Crippen molar-refractivity contribution < 1.29 is 22.7 Å². The Bertz CT molecular complexity index is 942. The van der Waals surface area contributed by atoms with Crippen molar-refractivity contribution in [3.63, 3.8) is 0 Å². The number of carbonyl (C=O) groups is 1. The highest BCUT2D eigenvalue weighted by molar-refractivity contribution is 6.31. The highest BCUT2D eigenvalue weighted by atomic mass is 35.5. The molecule has 2 aromatic carbocycles. The predicted molar refractivity (Wildman–Crippen MR) is 93.8 cm³/mol. The van der Waals surface area contributed by atoms with Crippen LogP contribution in [0.3, 0.4) is 0 Å². The number of ether oxygens (including phenoxy) is 1. The number of halogens is 4. The molecule has 1 amide bonds. The van der Waals surface area contributed by atoms with Crippen molar-refractivity contribution in [2.24, 2.45) is 0 Å². The molecular formula is C18H13ClF3N3O2. The predicted octanol–water partition coefficient (Wildman–Crippen LogP) is 4.58. The number of amides is 1. The number of rotatable bonds is 6. The van der Waals surface area contributed by atoms with Crippen LogP contribution >= 0.6 is 11.6 Å². The molecule has 0 aliphatic carbocycles. The van der Waals surface area contributed by atoms with Crippen molar-refractivity contribution >= 4 is 23.2 Å². The first-order valence-corrected chi connectivity index (χ1v) is 8.12. The quantitative estimate of drug-likeness (QED) is 0.664. The highest BCUT2D eigenvalue weighted by Gasteiger charge is 2.12. The summed E-state index contributed by atoms with van der Waals surface area (Å²) in [5.74, 6) is -1.11. The zero-order chi connectivity index (χ0) is 19.4. The van der Waals surface area contributed by atoms with E-state index in [0.29, 0.717) is 5.69 Å². The average Bonchev–Trinajstić information content (AvgIpc) is 3.05. The van der Waals surface area contributed by atoms with Crippen molar-refractivity contribution in [2.45, 2.75) is 13.2 Å². The number of alkyl halides is 2. The zero-order valence-corrected chi connectivity index (χ0v) is 14.5. The lowest BCUT2D eigenvalue weighted by atomic mass is 10.2. The van der Waals surface area contributed by atoms with E-state index in [1.54, 1.807) is 6.07 Å². The molecule has 5 nitrogen and oxygen atoms in total. The summed E-state index contributed by atoms with van der Waals surface area (Å²) in [6, 6.07) is 9.77. The number of hydrogen-bond acceptors (Lipinski definition) is 3. The second-order valence-corrected chi connectivity index (χ2v) is 5.89. The molecule has 0 radical (unpaired) electrons. The van der Waals surface area contributed by atoms with E-state index in [-0.39, 0.29) is 28.4 Å². The smallest absolute Gasteiger partial charge is 0.387 e. The molecule has 0 atom stereocenters. The van der Waals surface area contributed by atoms with Crippen LogP contribution in [0.5, 0.6) is 5.75 Å². The van der Waals surface area contributed by atoms with Gasteiger partial charge in [-0.15, -0.1) is 0 Å². The first-order valence-electron chi connectivity index (χ1n) is 7.74. The van der Waals surface area contributed by atoms with Gasteiger partial charge in [0.2, 0.25) is 0 Å². The molecule has 3 aromatic rings. The average molecular weight is 396 g/mol. The molecule has 1 heterocycles. The lowest BCUT2D eigenvalue weighted by Crippen LogP contribution is -2.12. The van der Waals surface area contributed by atoms with E-state index < -0.39 is 18.3 Å². The van der Waals surface area contributed by atoms with Crippen LogP contribution in [-0.2, 0) is 6.54 Å². The van der Waals surface area contributed by atoms with Crippen LogP contribution in [0, 0.1) is 5.82 Å². The molecule has 0 saturated carbocycles. The molecule has 0 aliphatic heterocycles. The van der Waals surface area contributed by atoms with Gasteiger partial charge in [0.1, 0.15) is 11.6 Å². The number of nitrogens with zero attached hydrogens (tertiary/aromatic N) is 2. The first kappa shape index (κ1) is 18.8. The maximum absolute atomic E-state index is 13.8. The van der Waals surface area contributed by atoms with Crippen LogP contribution in [0.25, 0.3) is 0 Å². The molecule has 0 saturated heterocycles. The van der Waals surface area contributed by atoms with E-state index >= 15 is 0 Å². The number of nitrogens with one attached hydrogen (secondary N) is 1. The summed E-state index contributed by atoms with van der Waals surface area (Å²) in [4.78, 5) is 12.3. The van der Waals surface area contributed by atoms with Crippen molar-refractivity contribution in [1.82, 2.24) is 9.78 Å². The van der Waals surface area contributed by atoms with Gasteiger partial charge in [-0.1, -0.05) is 23.7 Å². The molecule has 0 unspecified atom stereocenters.